The number of nitrogens with zero attached hydrogens (tertiary/aromatic N) is 2. The number of rotatable bonds is 4. The molecule has 0 saturated carbocycles. The van der Waals surface area contributed by atoms with E-state index in [9.17, 15) is 10.1 Å². The van der Waals surface area contributed by atoms with Gasteiger partial charge >= 0.3 is 0 Å². The van der Waals surface area contributed by atoms with Crippen molar-refractivity contribution < 1.29 is 19.3 Å². The van der Waals surface area contributed by atoms with Crippen molar-refractivity contribution in [2.24, 2.45) is 10.9 Å². The van der Waals surface area contributed by atoms with Gasteiger partial charge in [-0.15, -0.1) is 0 Å². The summed E-state index contributed by atoms with van der Waals surface area (Å²) in [6.07, 6.45) is 8.26. The van der Waals surface area contributed by atoms with E-state index in [1.54, 1.807) is 17.2 Å². The highest BCUT2D eigenvalue weighted by molar-refractivity contribution is 5.85. The zero-order valence-corrected chi connectivity index (χ0v) is 15.0. The van der Waals surface area contributed by atoms with Crippen LogP contribution < -0.4 is 9.64 Å². The number of nitro benzene ring substituents is 1. The quantitative estimate of drug-likeness (QED) is 0.504. The summed E-state index contributed by atoms with van der Waals surface area (Å²) in [6, 6.07) is 3.81. The van der Waals surface area contributed by atoms with Gasteiger partial charge in [0.05, 0.1) is 30.7 Å². The Kier molecular flexibility index (Phi) is 5.17. The monoisotopic (exact) mass is 360 g/mol. The van der Waals surface area contributed by atoms with Crippen molar-refractivity contribution >= 4 is 11.9 Å². The molecule has 7 heteroatoms. The fourth-order valence-electron chi connectivity index (χ4n) is 4.72. The molecule has 0 aliphatic carbocycles. The summed E-state index contributed by atoms with van der Waals surface area (Å²) in [7, 11) is 0. The van der Waals surface area contributed by atoms with E-state index in [2.05, 4.69) is 4.99 Å². The number of nitrogens with one attached hydrogen (secondary N) is 1. The second kappa shape index (κ2) is 7.72. The predicted molar refractivity (Wildman–Crippen MR) is 96.9 cm³/mol. The van der Waals surface area contributed by atoms with Gasteiger partial charge < -0.3 is 14.4 Å². The minimum Gasteiger partial charge on any atom is -0.466 e. The molecule has 3 aliphatic heterocycles. The molecule has 0 aromatic heterocycles. The number of benzene rings is 1. The number of aliphatic imine (C=N–C) groups is 1. The third-order valence-electron chi connectivity index (χ3n) is 5.93. The van der Waals surface area contributed by atoms with Crippen molar-refractivity contribution in [2.45, 2.75) is 44.8 Å². The van der Waals surface area contributed by atoms with Gasteiger partial charge in [0, 0.05) is 41.9 Å². The normalized spacial score (nSPS) is 28.2. The van der Waals surface area contributed by atoms with Crippen LogP contribution in [0, 0.1) is 16.0 Å². The molecule has 3 atom stereocenters. The first kappa shape index (κ1) is 17.4. The van der Waals surface area contributed by atoms with E-state index in [4.69, 9.17) is 9.47 Å². The van der Waals surface area contributed by atoms with Gasteiger partial charge in [-0.3, -0.25) is 15.1 Å². The lowest BCUT2D eigenvalue weighted by molar-refractivity contribution is -0.939. The minimum atomic E-state index is -0.378. The molecule has 1 aromatic carbocycles. The lowest BCUT2D eigenvalue weighted by atomic mass is 9.83. The number of piperidine rings is 2. The van der Waals surface area contributed by atoms with Crippen LogP contribution in [0.1, 0.15) is 43.2 Å². The molecular formula is C19H26N3O4+. The topological polar surface area (TPSA) is 78.4 Å². The van der Waals surface area contributed by atoms with Crippen LogP contribution in [0.25, 0.3) is 0 Å². The van der Waals surface area contributed by atoms with Crippen LogP contribution in [0.15, 0.2) is 17.1 Å². The third kappa shape index (κ3) is 3.59. The molecule has 140 valence electrons. The van der Waals surface area contributed by atoms with E-state index in [1.165, 1.54) is 51.3 Å². The first-order valence-electron chi connectivity index (χ1n) is 9.58. The number of quaternary nitrogens is 1. The van der Waals surface area contributed by atoms with Crippen LogP contribution >= 0.6 is 0 Å². The lowest BCUT2D eigenvalue weighted by Gasteiger charge is -2.40. The van der Waals surface area contributed by atoms with Crippen molar-refractivity contribution in [3.05, 3.63) is 33.4 Å². The second-order valence-electron chi connectivity index (χ2n) is 7.55. The molecule has 1 aromatic rings. The Morgan fingerprint density at radius 3 is 3.04 bits per heavy atom. The molecule has 4 rings (SSSR count). The van der Waals surface area contributed by atoms with Gasteiger partial charge in [0.15, 0.2) is 6.79 Å². The fourth-order valence-corrected chi connectivity index (χ4v) is 4.72. The first-order chi connectivity index (χ1) is 12.7. The largest absolute Gasteiger partial charge is 0.466 e. The molecule has 26 heavy (non-hydrogen) atoms. The highest BCUT2D eigenvalue weighted by Crippen LogP contribution is 2.31. The Bertz CT molecular complexity index is 704. The van der Waals surface area contributed by atoms with Gasteiger partial charge in [0.25, 0.3) is 5.69 Å². The third-order valence-corrected chi connectivity index (χ3v) is 5.93. The zero-order valence-electron chi connectivity index (χ0n) is 15.0. The van der Waals surface area contributed by atoms with Crippen LogP contribution in [0.3, 0.4) is 0 Å². The number of nitro groups is 1. The van der Waals surface area contributed by atoms with Crippen molar-refractivity contribution in [1.82, 2.24) is 0 Å². The van der Waals surface area contributed by atoms with Crippen LogP contribution in [0.4, 0.5) is 5.69 Å². The lowest BCUT2D eigenvalue weighted by Crippen LogP contribution is -3.18. The highest BCUT2D eigenvalue weighted by Gasteiger charge is 2.36. The molecule has 7 nitrogen and oxygen atoms in total. The summed E-state index contributed by atoms with van der Waals surface area (Å²) in [5, 5.41) is 11.2. The summed E-state index contributed by atoms with van der Waals surface area (Å²) in [5.41, 5.74) is 1.45. The van der Waals surface area contributed by atoms with Crippen molar-refractivity contribution in [1.29, 1.82) is 0 Å². The molecule has 2 saturated heterocycles. The van der Waals surface area contributed by atoms with E-state index in [0.717, 1.165) is 12.6 Å². The molecule has 0 radical (unpaired) electrons. The zero-order chi connectivity index (χ0) is 17.9. The Morgan fingerprint density at radius 2 is 2.15 bits per heavy atom. The van der Waals surface area contributed by atoms with Gasteiger partial charge in [-0.2, -0.15) is 0 Å². The average molecular weight is 360 g/mol. The number of fused-ring (bicyclic) bond motifs is 2. The van der Waals surface area contributed by atoms with Crippen molar-refractivity contribution in [2.75, 3.05) is 26.4 Å². The minimum absolute atomic E-state index is 0.0554. The highest BCUT2D eigenvalue weighted by atomic mass is 16.7. The predicted octanol–water partition coefficient (Wildman–Crippen LogP) is 1.73. The van der Waals surface area contributed by atoms with Crippen LogP contribution in [0.2, 0.25) is 0 Å². The summed E-state index contributed by atoms with van der Waals surface area (Å²) in [4.78, 5) is 17.3. The average Bonchev–Trinajstić information content (AvgIpc) is 2.68. The van der Waals surface area contributed by atoms with E-state index < -0.39 is 0 Å². The molecular weight excluding hydrogens is 334 g/mol. The van der Waals surface area contributed by atoms with E-state index in [0.29, 0.717) is 29.4 Å². The van der Waals surface area contributed by atoms with E-state index >= 15 is 0 Å². The first-order valence-corrected chi connectivity index (χ1v) is 9.58. The SMILES string of the molecule is O=[N+]([O-])c1cc(C=NC[C@@H]2CCC[NH+]3CCCC[C@H]23)c2c(c1)COCO2. The summed E-state index contributed by atoms with van der Waals surface area (Å²) in [6.45, 7) is 3.91. The van der Waals surface area contributed by atoms with Crippen molar-refractivity contribution in [3.63, 3.8) is 0 Å². The van der Waals surface area contributed by atoms with Gasteiger partial charge in [0.1, 0.15) is 5.75 Å². The van der Waals surface area contributed by atoms with E-state index in [-0.39, 0.29) is 17.4 Å². The molecule has 2 fully saturated rings. The molecule has 0 spiro atoms. The maximum atomic E-state index is 11.2. The molecule has 1 N–H and O–H groups in total. The van der Waals surface area contributed by atoms with Crippen LogP contribution in [0.5, 0.6) is 5.75 Å². The Balaban J connectivity index is 1.51. The summed E-state index contributed by atoms with van der Waals surface area (Å²) < 4.78 is 10.8. The maximum Gasteiger partial charge on any atom is 0.270 e. The molecule has 1 unspecified atom stereocenters. The smallest absolute Gasteiger partial charge is 0.270 e. The van der Waals surface area contributed by atoms with Gasteiger partial charge in [0.2, 0.25) is 0 Å². The Morgan fingerprint density at radius 1 is 1.27 bits per heavy atom. The van der Waals surface area contributed by atoms with Crippen LogP contribution in [-0.4, -0.2) is 43.6 Å². The molecule has 3 heterocycles. The molecule has 0 amide bonds. The summed E-state index contributed by atoms with van der Waals surface area (Å²) in [5.74, 6) is 1.29. The van der Waals surface area contributed by atoms with Gasteiger partial charge in [-0.25, -0.2) is 0 Å². The molecule has 3 aliphatic rings. The number of non-ortho nitro benzene ring substituents is 1. The van der Waals surface area contributed by atoms with E-state index in [1.807, 2.05) is 0 Å². The number of hydrogen-bond acceptors (Lipinski definition) is 5. The van der Waals surface area contributed by atoms with Crippen LogP contribution in [-0.2, 0) is 11.3 Å². The van der Waals surface area contributed by atoms with Gasteiger partial charge in [-0.05, 0) is 32.1 Å². The number of hydrogen-bond donors (Lipinski definition) is 1. The van der Waals surface area contributed by atoms with Crippen molar-refractivity contribution in [3.8, 4) is 5.75 Å². The van der Waals surface area contributed by atoms with Gasteiger partial charge in [-0.1, -0.05) is 0 Å². The Hall–Kier alpha value is -1.99. The second-order valence-corrected chi connectivity index (χ2v) is 7.55. The summed E-state index contributed by atoms with van der Waals surface area (Å²) >= 11 is 0. The number of ether oxygens (including phenoxy) is 2. The fraction of sp³-hybridized carbons (Fsp3) is 0.632. The maximum absolute atomic E-state index is 11.2. The molecule has 0 bridgehead atoms. The Labute approximate surface area is 153 Å². The standard InChI is InChI=1S/C19H25N3O4/c23-22(24)17-8-15(19-16(9-17)12-25-13-26-19)11-20-10-14-4-3-7-21-6-2-1-5-18(14)21/h8-9,11,14,18H,1-7,10,12-13H2/p+1/t14-,18+/m0/s1.